The number of nitrogens with one attached hydrogen (secondary N) is 1. The molecular weight excluding hydrogens is 260 g/mol. The predicted octanol–water partition coefficient (Wildman–Crippen LogP) is 0.691. The van der Waals surface area contributed by atoms with Gasteiger partial charge in [0.1, 0.15) is 5.76 Å². The Morgan fingerprint density at radius 2 is 2.15 bits per heavy atom. The SMILES string of the molecule is Cc1cc(=O)cc(C(=O)NCCN2CCCCC2=O)o1. The van der Waals surface area contributed by atoms with Gasteiger partial charge < -0.3 is 14.6 Å². The molecular formula is C14H18N2O4. The third-order valence-electron chi connectivity index (χ3n) is 3.20. The van der Waals surface area contributed by atoms with Gasteiger partial charge in [-0.15, -0.1) is 0 Å². The van der Waals surface area contributed by atoms with E-state index in [1.165, 1.54) is 6.07 Å². The Balaban J connectivity index is 1.85. The van der Waals surface area contributed by atoms with Crippen molar-refractivity contribution in [2.24, 2.45) is 0 Å². The van der Waals surface area contributed by atoms with Crippen LogP contribution in [0, 0.1) is 6.92 Å². The summed E-state index contributed by atoms with van der Waals surface area (Å²) in [6.07, 6.45) is 2.53. The first kappa shape index (κ1) is 14.3. The number of hydrogen-bond donors (Lipinski definition) is 1. The number of hydrogen-bond acceptors (Lipinski definition) is 4. The van der Waals surface area contributed by atoms with Gasteiger partial charge in [-0.05, 0) is 19.8 Å². The zero-order chi connectivity index (χ0) is 14.5. The van der Waals surface area contributed by atoms with Crippen molar-refractivity contribution in [1.82, 2.24) is 10.2 Å². The van der Waals surface area contributed by atoms with Crippen LogP contribution in [0.25, 0.3) is 0 Å². The monoisotopic (exact) mass is 278 g/mol. The second kappa shape index (κ2) is 6.36. The molecule has 1 aromatic rings. The lowest BCUT2D eigenvalue weighted by Gasteiger charge is -2.26. The van der Waals surface area contributed by atoms with Crippen molar-refractivity contribution in [3.05, 3.63) is 33.9 Å². The molecule has 1 aliphatic heterocycles. The predicted molar refractivity (Wildman–Crippen MR) is 72.5 cm³/mol. The lowest BCUT2D eigenvalue weighted by Crippen LogP contribution is -2.41. The second-order valence-corrected chi connectivity index (χ2v) is 4.86. The minimum Gasteiger partial charge on any atom is -0.456 e. The van der Waals surface area contributed by atoms with Crippen molar-refractivity contribution in [2.45, 2.75) is 26.2 Å². The van der Waals surface area contributed by atoms with Crippen LogP contribution in [0.4, 0.5) is 0 Å². The van der Waals surface area contributed by atoms with Gasteiger partial charge in [0.05, 0.1) is 0 Å². The first-order valence-corrected chi connectivity index (χ1v) is 6.74. The fourth-order valence-corrected chi connectivity index (χ4v) is 2.21. The van der Waals surface area contributed by atoms with E-state index in [9.17, 15) is 14.4 Å². The normalized spacial score (nSPS) is 15.2. The van der Waals surface area contributed by atoms with E-state index in [0.717, 1.165) is 25.5 Å². The number of carbonyl (C=O) groups excluding carboxylic acids is 2. The number of carbonyl (C=O) groups is 2. The summed E-state index contributed by atoms with van der Waals surface area (Å²) in [4.78, 5) is 36.4. The van der Waals surface area contributed by atoms with Crippen molar-refractivity contribution in [1.29, 1.82) is 0 Å². The van der Waals surface area contributed by atoms with Crippen LogP contribution >= 0.6 is 0 Å². The Labute approximate surface area is 116 Å². The highest BCUT2D eigenvalue weighted by Crippen LogP contribution is 2.09. The average Bonchev–Trinajstić information content (AvgIpc) is 2.39. The Hall–Kier alpha value is -2.11. The molecule has 1 fully saturated rings. The van der Waals surface area contributed by atoms with E-state index in [2.05, 4.69) is 5.32 Å². The lowest BCUT2D eigenvalue weighted by molar-refractivity contribution is -0.133. The molecule has 2 heterocycles. The minimum absolute atomic E-state index is 0.0000271. The van der Waals surface area contributed by atoms with Crippen molar-refractivity contribution in [2.75, 3.05) is 19.6 Å². The van der Waals surface area contributed by atoms with E-state index in [1.807, 2.05) is 0 Å². The van der Waals surface area contributed by atoms with Crippen molar-refractivity contribution in [3.63, 3.8) is 0 Å². The molecule has 20 heavy (non-hydrogen) atoms. The number of nitrogens with zero attached hydrogens (tertiary/aromatic N) is 1. The topological polar surface area (TPSA) is 79.6 Å². The Bertz CT molecular complexity index is 565. The summed E-state index contributed by atoms with van der Waals surface area (Å²) in [5.41, 5.74) is -0.259. The van der Waals surface area contributed by atoms with Crippen molar-refractivity contribution < 1.29 is 14.0 Å². The number of amides is 2. The quantitative estimate of drug-likeness (QED) is 0.878. The zero-order valence-corrected chi connectivity index (χ0v) is 11.5. The molecule has 0 radical (unpaired) electrons. The fourth-order valence-electron chi connectivity index (χ4n) is 2.21. The van der Waals surface area contributed by atoms with Crippen molar-refractivity contribution >= 4 is 11.8 Å². The van der Waals surface area contributed by atoms with Gasteiger partial charge in [0.15, 0.2) is 11.2 Å². The standard InChI is InChI=1S/C14H18N2O4/c1-10-8-11(17)9-12(20-10)14(19)15-5-7-16-6-3-2-4-13(16)18/h8-9H,2-7H2,1H3,(H,15,19). The maximum Gasteiger partial charge on any atom is 0.287 e. The van der Waals surface area contributed by atoms with Gasteiger partial charge in [-0.25, -0.2) is 0 Å². The molecule has 108 valence electrons. The minimum atomic E-state index is -0.435. The molecule has 0 bridgehead atoms. The van der Waals surface area contributed by atoms with Crippen LogP contribution in [-0.2, 0) is 4.79 Å². The molecule has 1 aliphatic rings. The first-order chi connectivity index (χ1) is 9.56. The smallest absolute Gasteiger partial charge is 0.287 e. The molecule has 1 N–H and O–H groups in total. The van der Waals surface area contributed by atoms with Gasteiger partial charge in [-0.2, -0.15) is 0 Å². The zero-order valence-electron chi connectivity index (χ0n) is 11.5. The molecule has 0 aliphatic carbocycles. The summed E-state index contributed by atoms with van der Waals surface area (Å²) in [6, 6.07) is 2.48. The summed E-state index contributed by atoms with van der Waals surface area (Å²) in [7, 11) is 0. The van der Waals surface area contributed by atoms with Crippen LogP contribution in [0.5, 0.6) is 0 Å². The Kier molecular flexibility index (Phi) is 4.55. The van der Waals surface area contributed by atoms with Gasteiger partial charge in [-0.3, -0.25) is 14.4 Å². The fraction of sp³-hybridized carbons (Fsp3) is 0.500. The van der Waals surface area contributed by atoms with E-state index < -0.39 is 5.91 Å². The molecule has 1 saturated heterocycles. The van der Waals surface area contributed by atoms with Gasteiger partial charge in [0, 0.05) is 38.2 Å². The van der Waals surface area contributed by atoms with E-state index in [-0.39, 0.29) is 17.1 Å². The largest absolute Gasteiger partial charge is 0.456 e. The van der Waals surface area contributed by atoms with E-state index in [4.69, 9.17) is 4.42 Å². The van der Waals surface area contributed by atoms with Crippen LogP contribution in [-0.4, -0.2) is 36.3 Å². The van der Waals surface area contributed by atoms with Gasteiger partial charge in [0.25, 0.3) is 5.91 Å². The summed E-state index contributed by atoms with van der Waals surface area (Å²) in [6.45, 7) is 3.20. The molecule has 0 aromatic carbocycles. The highest BCUT2D eigenvalue weighted by Gasteiger charge is 2.18. The number of rotatable bonds is 4. The van der Waals surface area contributed by atoms with Crippen LogP contribution in [0.15, 0.2) is 21.3 Å². The summed E-state index contributed by atoms with van der Waals surface area (Å²) < 4.78 is 5.19. The van der Waals surface area contributed by atoms with Crippen LogP contribution in [0.1, 0.15) is 35.6 Å². The van der Waals surface area contributed by atoms with Crippen LogP contribution < -0.4 is 10.7 Å². The Morgan fingerprint density at radius 1 is 1.35 bits per heavy atom. The lowest BCUT2D eigenvalue weighted by atomic mass is 10.1. The van der Waals surface area contributed by atoms with E-state index in [1.54, 1.807) is 11.8 Å². The molecule has 0 saturated carbocycles. The van der Waals surface area contributed by atoms with Crippen molar-refractivity contribution in [3.8, 4) is 0 Å². The average molecular weight is 278 g/mol. The molecule has 1 aromatic heterocycles. The summed E-state index contributed by atoms with van der Waals surface area (Å²) in [5, 5.41) is 2.66. The second-order valence-electron chi connectivity index (χ2n) is 4.86. The summed E-state index contributed by atoms with van der Waals surface area (Å²) in [5.74, 6) is 0.0941. The Morgan fingerprint density at radius 3 is 2.85 bits per heavy atom. The van der Waals surface area contributed by atoms with Gasteiger partial charge in [-0.1, -0.05) is 0 Å². The molecule has 2 rings (SSSR count). The maximum absolute atomic E-state index is 11.8. The van der Waals surface area contributed by atoms with Gasteiger partial charge >= 0.3 is 0 Å². The van der Waals surface area contributed by atoms with Gasteiger partial charge in [0.2, 0.25) is 5.91 Å². The summed E-state index contributed by atoms with van der Waals surface area (Å²) >= 11 is 0. The van der Waals surface area contributed by atoms with Crippen LogP contribution in [0.3, 0.4) is 0 Å². The highest BCUT2D eigenvalue weighted by atomic mass is 16.3. The van der Waals surface area contributed by atoms with E-state index >= 15 is 0 Å². The number of aryl methyl sites for hydroxylation is 1. The molecule has 0 atom stereocenters. The molecule has 6 heteroatoms. The highest BCUT2D eigenvalue weighted by molar-refractivity contribution is 5.91. The third kappa shape index (κ3) is 3.69. The number of likely N-dealkylation sites (tertiary alicyclic amines) is 1. The molecule has 0 spiro atoms. The van der Waals surface area contributed by atoms with E-state index in [0.29, 0.717) is 25.3 Å². The third-order valence-corrected chi connectivity index (χ3v) is 3.20. The molecule has 6 nitrogen and oxygen atoms in total. The molecule has 0 unspecified atom stereocenters. The maximum atomic E-state index is 11.8. The number of piperidine rings is 1. The molecule has 2 amide bonds. The van der Waals surface area contributed by atoms with Crippen LogP contribution in [0.2, 0.25) is 0 Å². The first-order valence-electron chi connectivity index (χ1n) is 6.74.